The van der Waals surface area contributed by atoms with Gasteiger partial charge in [0.25, 0.3) is 0 Å². The van der Waals surface area contributed by atoms with E-state index >= 15 is 0 Å². The SMILES string of the molecule is C/C=C\C=C/Cc1cc2ccccc2n1Cc1cccc(CO)c1.CC. The van der Waals surface area contributed by atoms with Crippen molar-refractivity contribution in [2.45, 2.75) is 40.3 Å². The van der Waals surface area contributed by atoms with E-state index in [1.165, 1.54) is 22.2 Å². The van der Waals surface area contributed by atoms with Crippen molar-refractivity contribution in [3.8, 4) is 0 Å². The van der Waals surface area contributed by atoms with Gasteiger partial charge in [-0.05, 0) is 35.6 Å². The molecule has 0 aliphatic rings. The number of hydrogen-bond donors (Lipinski definition) is 1. The number of hydrogen-bond acceptors (Lipinski definition) is 1. The minimum Gasteiger partial charge on any atom is -0.392 e. The lowest BCUT2D eigenvalue weighted by atomic mass is 10.1. The Morgan fingerprint density at radius 3 is 2.46 bits per heavy atom. The second-order valence-corrected chi connectivity index (χ2v) is 5.92. The van der Waals surface area contributed by atoms with E-state index in [9.17, 15) is 5.11 Å². The minimum absolute atomic E-state index is 0.0826. The van der Waals surface area contributed by atoms with Gasteiger partial charge in [-0.25, -0.2) is 0 Å². The average Bonchev–Trinajstić information content (AvgIpc) is 3.04. The Labute approximate surface area is 157 Å². The van der Waals surface area contributed by atoms with E-state index in [1.807, 2.05) is 39.0 Å². The van der Waals surface area contributed by atoms with Crippen LogP contribution in [0.2, 0.25) is 0 Å². The van der Waals surface area contributed by atoms with Crippen molar-refractivity contribution in [2.24, 2.45) is 0 Å². The van der Waals surface area contributed by atoms with E-state index in [4.69, 9.17) is 0 Å². The number of benzene rings is 2. The Kier molecular flexibility index (Phi) is 7.91. The summed E-state index contributed by atoms with van der Waals surface area (Å²) >= 11 is 0. The van der Waals surface area contributed by atoms with Crippen molar-refractivity contribution < 1.29 is 5.11 Å². The molecule has 3 aromatic rings. The number of nitrogens with zero attached hydrogens (tertiary/aromatic N) is 1. The molecule has 2 nitrogen and oxygen atoms in total. The normalized spacial score (nSPS) is 11.2. The molecule has 136 valence electrons. The van der Waals surface area contributed by atoms with Gasteiger partial charge in [0, 0.05) is 24.2 Å². The maximum absolute atomic E-state index is 9.36. The summed E-state index contributed by atoms with van der Waals surface area (Å²) in [6, 6.07) is 18.9. The minimum atomic E-state index is 0.0826. The van der Waals surface area contributed by atoms with Gasteiger partial charge in [-0.2, -0.15) is 0 Å². The largest absolute Gasteiger partial charge is 0.392 e. The van der Waals surface area contributed by atoms with Crippen LogP contribution in [0.3, 0.4) is 0 Å². The van der Waals surface area contributed by atoms with Crippen LogP contribution in [-0.2, 0) is 19.6 Å². The van der Waals surface area contributed by atoms with Crippen molar-refractivity contribution in [2.75, 3.05) is 0 Å². The molecule has 0 aliphatic heterocycles. The molecular weight excluding hydrogens is 318 g/mol. The van der Waals surface area contributed by atoms with Gasteiger partial charge >= 0.3 is 0 Å². The van der Waals surface area contributed by atoms with Crippen LogP contribution in [0.4, 0.5) is 0 Å². The maximum atomic E-state index is 9.36. The molecule has 1 heterocycles. The van der Waals surface area contributed by atoms with Gasteiger partial charge in [-0.3, -0.25) is 0 Å². The van der Waals surface area contributed by atoms with Crippen molar-refractivity contribution >= 4 is 10.9 Å². The fourth-order valence-corrected chi connectivity index (χ4v) is 3.01. The fraction of sp³-hybridized carbons (Fsp3) is 0.250. The first-order valence-corrected chi connectivity index (χ1v) is 9.35. The number of aliphatic hydroxyl groups excluding tert-OH is 1. The molecule has 3 rings (SSSR count). The Morgan fingerprint density at radius 1 is 0.923 bits per heavy atom. The summed E-state index contributed by atoms with van der Waals surface area (Å²) in [6.07, 6.45) is 9.27. The summed E-state index contributed by atoms with van der Waals surface area (Å²) in [4.78, 5) is 0. The van der Waals surface area contributed by atoms with Crippen LogP contribution in [0.1, 0.15) is 37.6 Å². The van der Waals surface area contributed by atoms with Gasteiger partial charge in [-0.1, -0.05) is 80.6 Å². The summed E-state index contributed by atoms with van der Waals surface area (Å²) in [5.74, 6) is 0. The number of aromatic nitrogens is 1. The van der Waals surface area contributed by atoms with Crippen LogP contribution in [-0.4, -0.2) is 9.67 Å². The third kappa shape index (κ3) is 4.96. The molecule has 0 atom stereocenters. The number of fused-ring (bicyclic) bond motifs is 1. The van der Waals surface area contributed by atoms with E-state index in [0.29, 0.717) is 0 Å². The van der Waals surface area contributed by atoms with Gasteiger partial charge < -0.3 is 9.67 Å². The van der Waals surface area contributed by atoms with Crippen molar-refractivity contribution in [1.29, 1.82) is 0 Å². The predicted octanol–water partition coefficient (Wildman–Crippen LogP) is 5.88. The summed E-state index contributed by atoms with van der Waals surface area (Å²) in [5, 5.41) is 10.6. The van der Waals surface area contributed by atoms with Gasteiger partial charge in [-0.15, -0.1) is 0 Å². The highest BCUT2D eigenvalue weighted by Crippen LogP contribution is 2.22. The molecule has 2 aromatic carbocycles. The quantitative estimate of drug-likeness (QED) is 0.553. The van der Waals surface area contributed by atoms with Crippen LogP contribution < -0.4 is 0 Å². The van der Waals surface area contributed by atoms with Gasteiger partial charge in [0.1, 0.15) is 0 Å². The summed E-state index contributed by atoms with van der Waals surface area (Å²) in [5.41, 5.74) is 4.72. The summed E-state index contributed by atoms with van der Waals surface area (Å²) in [7, 11) is 0. The van der Waals surface area contributed by atoms with Crippen molar-refractivity contribution in [1.82, 2.24) is 4.57 Å². The van der Waals surface area contributed by atoms with Crippen LogP contribution in [0, 0.1) is 0 Å². The zero-order valence-corrected chi connectivity index (χ0v) is 16.0. The molecule has 0 fully saturated rings. The highest BCUT2D eigenvalue weighted by molar-refractivity contribution is 5.81. The molecule has 1 aromatic heterocycles. The molecule has 0 amide bonds. The van der Waals surface area contributed by atoms with Crippen molar-refractivity contribution in [3.63, 3.8) is 0 Å². The zero-order valence-electron chi connectivity index (χ0n) is 16.0. The summed E-state index contributed by atoms with van der Waals surface area (Å²) in [6.45, 7) is 6.92. The molecule has 1 N–H and O–H groups in total. The zero-order chi connectivity index (χ0) is 18.8. The highest BCUT2D eigenvalue weighted by Gasteiger charge is 2.08. The molecule has 26 heavy (non-hydrogen) atoms. The topological polar surface area (TPSA) is 25.2 Å². The van der Waals surface area contributed by atoms with Crippen LogP contribution in [0.15, 0.2) is 78.9 Å². The first-order valence-electron chi connectivity index (χ1n) is 9.35. The van der Waals surface area contributed by atoms with E-state index in [-0.39, 0.29) is 6.61 Å². The summed E-state index contributed by atoms with van der Waals surface area (Å²) < 4.78 is 2.37. The molecule has 0 saturated heterocycles. The third-order valence-electron chi connectivity index (χ3n) is 4.18. The van der Waals surface area contributed by atoms with Crippen LogP contribution >= 0.6 is 0 Å². The molecular formula is C24H29NO. The van der Waals surface area contributed by atoms with E-state index in [0.717, 1.165) is 18.5 Å². The molecule has 0 radical (unpaired) electrons. The lowest BCUT2D eigenvalue weighted by Crippen LogP contribution is -2.04. The molecule has 2 heteroatoms. The van der Waals surface area contributed by atoms with Crippen LogP contribution in [0.5, 0.6) is 0 Å². The number of allylic oxidation sites excluding steroid dienone is 4. The number of rotatable bonds is 6. The van der Waals surface area contributed by atoms with Gasteiger partial charge in [0.05, 0.1) is 6.61 Å². The predicted molar refractivity (Wildman–Crippen MR) is 112 cm³/mol. The molecule has 0 bridgehead atoms. The molecule has 0 saturated carbocycles. The number of para-hydroxylation sites is 1. The standard InChI is InChI=1S/C22H23NO.C2H6/c1-2-3-4-5-12-21-15-20-11-6-7-13-22(20)23(21)16-18-9-8-10-19(14-18)17-24;1-2/h2-11,13-15,24H,12,16-17H2,1H3;1-2H3/b3-2-,5-4-;. The van der Waals surface area contributed by atoms with E-state index < -0.39 is 0 Å². The van der Waals surface area contributed by atoms with Crippen LogP contribution in [0.25, 0.3) is 10.9 Å². The average molecular weight is 348 g/mol. The van der Waals surface area contributed by atoms with E-state index in [1.54, 1.807) is 0 Å². The fourth-order valence-electron chi connectivity index (χ4n) is 3.01. The number of aliphatic hydroxyl groups is 1. The second-order valence-electron chi connectivity index (χ2n) is 5.92. The molecule has 0 unspecified atom stereocenters. The Hall–Kier alpha value is -2.58. The Morgan fingerprint density at radius 2 is 1.69 bits per heavy atom. The van der Waals surface area contributed by atoms with Gasteiger partial charge in [0.15, 0.2) is 0 Å². The lowest BCUT2D eigenvalue weighted by molar-refractivity contribution is 0.281. The highest BCUT2D eigenvalue weighted by atomic mass is 16.3. The van der Waals surface area contributed by atoms with E-state index in [2.05, 4.69) is 65.3 Å². The Balaban J connectivity index is 0.00000117. The maximum Gasteiger partial charge on any atom is 0.0681 e. The second kappa shape index (κ2) is 10.4. The molecule has 0 aliphatic carbocycles. The van der Waals surface area contributed by atoms with Gasteiger partial charge in [0.2, 0.25) is 0 Å². The first kappa shape index (κ1) is 19.7. The monoisotopic (exact) mass is 347 g/mol. The molecule has 0 spiro atoms. The third-order valence-corrected chi connectivity index (χ3v) is 4.18. The smallest absolute Gasteiger partial charge is 0.0681 e. The first-order chi connectivity index (χ1) is 12.8. The lowest BCUT2D eigenvalue weighted by Gasteiger charge is -2.11. The van der Waals surface area contributed by atoms with Crippen molar-refractivity contribution in [3.05, 3.63) is 95.7 Å². The Bertz CT molecular complexity index is 871.